The van der Waals surface area contributed by atoms with E-state index in [1.54, 1.807) is 33.8 Å². The van der Waals surface area contributed by atoms with Gasteiger partial charge in [0.2, 0.25) is 10.0 Å². The van der Waals surface area contributed by atoms with Gasteiger partial charge in [0.05, 0.1) is 4.90 Å². The smallest absolute Gasteiger partial charge is 0.207 e. The van der Waals surface area contributed by atoms with Gasteiger partial charge in [-0.05, 0) is 57.1 Å². The molecule has 0 unspecified atom stereocenters. The third-order valence-electron chi connectivity index (χ3n) is 3.54. The predicted molar refractivity (Wildman–Crippen MR) is 89.3 cm³/mol. The zero-order chi connectivity index (χ0) is 15.0. The van der Waals surface area contributed by atoms with Gasteiger partial charge in [0.25, 0.3) is 0 Å². The summed E-state index contributed by atoms with van der Waals surface area (Å²) in [4.78, 5) is 1.59. The minimum Gasteiger partial charge on any atom is -0.207 e. The summed E-state index contributed by atoms with van der Waals surface area (Å²) in [6, 6.07) is 7.15. The van der Waals surface area contributed by atoms with Crippen molar-refractivity contribution in [1.29, 1.82) is 0 Å². The molecule has 7 heteroatoms. The molecular weight excluding hydrogens is 394 g/mol. The summed E-state index contributed by atoms with van der Waals surface area (Å²) < 4.78 is 27.7. The van der Waals surface area contributed by atoms with Crippen LogP contribution < -0.4 is 0 Å². The van der Waals surface area contributed by atoms with Crippen LogP contribution in [0.5, 0.6) is 0 Å². The Bertz CT molecular complexity index is 773. The summed E-state index contributed by atoms with van der Waals surface area (Å²) in [7, 11) is -3.49. The summed E-state index contributed by atoms with van der Waals surface area (Å²) in [5, 5.41) is 2.02. The highest BCUT2D eigenvalue weighted by Gasteiger charge is 2.30. The average Bonchev–Trinajstić information content (AvgIpc) is 2.94. The normalized spacial score (nSPS) is 15.9. The number of hydrogen-bond acceptors (Lipinski definition) is 3. The van der Waals surface area contributed by atoms with Crippen molar-refractivity contribution in [2.75, 3.05) is 6.54 Å². The predicted octanol–water partition coefficient (Wildman–Crippen LogP) is 4.00. The molecule has 0 atom stereocenters. The molecule has 112 valence electrons. The summed E-state index contributed by atoms with van der Waals surface area (Å²) in [6.45, 7) is 0.977. The number of nitrogens with zero attached hydrogens (tertiary/aromatic N) is 1. The van der Waals surface area contributed by atoms with Crippen molar-refractivity contribution in [3.63, 3.8) is 0 Å². The van der Waals surface area contributed by atoms with Crippen molar-refractivity contribution in [2.24, 2.45) is 0 Å². The Balaban J connectivity index is 1.95. The molecule has 1 aromatic carbocycles. The Labute approximate surface area is 141 Å². The second kappa shape index (κ2) is 6.01. The molecule has 0 aliphatic carbocycles. The number of thiophene rings is 1. The van der Waals surface area contributed by atoms with Gasteiger partial charge in [0.1, 0.15) is 0 Å². The van der Waals surface area contributed by atoms with E-state index in [1.807, 2.05) is 11.4 Å². The van der Waals surface area contributed by atoms with Gasteiger partial charge in [-0.25, -0.2) is 8.42 Å². The fourth-order valence-electron chi connectivity index (χ4n) is 2.40. The number of hydrogen-bond donors (Lipinski definition) is 0. The summed E-state index contributed by atoms with van der Waals surface area (Å²) in [5.41, 5.74) is 2.00. The molecule has 1 aromatic heterocycles. The third-order valence-corrected chi connectivity index (χ3v) is 7.69. The van der Waals surface area contributed by atoms with E-state index in [4.69, 9.17) is 11.6 Å². The molecule has 2 heterocycles. The van der Waals surface area contributed by atoms with Crippen LogP contribution in [-0.2, 0) is 28.9 Å². The van der Waals surface area contributed by atoms with Gasteiger partial charge in [-0.2, -0.15) is 4.31 Å². The summed E-state index contributed by atoms with van der Waals surface area (Å²) >= 11 is 10.8. The van der Waals surface area contributed by atoms with Gasteiger partial charge in [-0.3, -0.25) is 0 Å². The molecule has 1 aliphatic rings. The van der Waals surface area contributed by atoms with Gasteiger partial charge in [-0.15, -0.1) is 22.9 Å². The van der Waals surface area contributed by atoms with Gasteiger partial charge in [0, 0.05) is 28.3 Å². The first kappa shape index (κ1) is 15.5. The van der Waals surface area contributed by atoms with Crippen molar-refractivity contribution in [3.05, 3.63) is 50.1 Å². The Hall–Kier alpha value is -0.400. The highest BCUT2D eigenvalue weighted by atomic mass is 79.9. The number of fused-ring (bicyclic) bond motifs is 1. The zero-order valence-electron chi connectivity index (χ0n) is 11.1. The first-order valence-corrected chi connectivity index (χ1v) is 10.1. The number of alkyl halides is 1. The van der Waals surface area contributed by atoms with Crippen LogP contribution in [0.1, 0.15) is 16.0 Å². The van der Waals surface area contributed by atoms with Gasteiger partial charge < -0.3 is 0 Å². The largest absolute Gasteiger partial charge is 0.244 e. The van der Waals surface area contributed by atoms with Crippen LogP contribution in [0.15, 0.2) is 39.0 Å². The van der Waals surface area contributed by atoms with Crippen LogP contribution in [0, 0.1) is 0 Å². The monoisotopic (exact) mass is 405 g/mol. The van der Waals surface area contributed by atoms with E-state index in [9.17, 15) is 8.42 Å². The Morgan fingerprint density at radius 1 is 1.33 bits per heavy atom. The molecule has 2 aromatic rings. The minimum atomic E-state index is -3.49. The van der Waals surface area contributed by atoms with Crippen LogP contribution in [0.4, 0.5) is 0 Å². The first-order valence-electron chi connectivity index (χ1n) is 6.42. The van der Waals surface area contributed by atoms with Crippen molar-refractivity contribution in [3.8, 4) is 0 Å². The van der Waals surface area contributed by atoms with Gasteiger partial charge >= 0.3 is 0 Å². The van der Waals surface area contributed by atoms with Crippen molar-refractivity contribution in [1.82, 2.24) is 4.31 Å². The quantitative estimate of drug-likeness (QED) is 0.723. The summed E-state index contributed by atoms with van der Waals surface area (Å²) in [5.74, 6) is 0.362. The maximum Gasteiger partial charge on any atom is 0.244 e. The van der Waals surface area contributed by atoms with E-state index in [-0.39, 0.29) is 0 Å². The molecule has 0 spiro atoms. The second-order valence-electron chi connectivity index (χ2n) is 4.86. The van der Waals surface area contributed by atoms with E-state index < -0.39 is 10.0 Å². The van der Waals surface area contributed by atoms with Crippen LogP contribution in [-0.4, -0.2) is 19.3 Å². The maximum atomic E-state index is 12.8. The molecule has 0 radical (unpaired) electrons. The molecule has 0 bridgehead atoms. The van der Waals surface area contributed by atoms with E-state index in [2.05, 4.69) is 15.9 Å². The van der Waals surface area contributed by atoms with E-state index in [1.165, 1.54) is 4.88 Å². The van der Waals surface area contributed by atoms with Crippen molar-refractivity contribution in [2.45, 2.75) is 23.7 Å². The highest BCUT2D eigenvalue weighted by Crippen LogP contribution is 2.31. The number of sulfonamides is 1. The van der Waals surface area contributed by atoms with E-state index in [0.717, 1.165) is 17.5 Å². The van der Waals surface area contributed by atoms with Crippen molar-refractivity contribution >= 4 is 48.9 Å². The Kier molecular flexibility index (Phi) is 4.43. The van der Waals surface area contributed by atoms with Crippen molar-refractivity contribution < 1.29 is 8.42 Å². The lowest BCUT2D eigenvalue weighted by Crippen LogP contribution is -2.35. The SMILES string of the molecule is O=S(=O)(c1ccc(CCl)cc1Br)N1CCc2sccc2C1. The number of rotatable bonds is 3. The standard InChI is InChI=1S/C14H13BrClNO2S2/c15-12-7-10(8-16)1-2-14(12)21(18,19)17-5-3-13-11(9-17)4-6-20-13/h1-2,4,6-7H,3,5,8-9H2. The van der Waals surface area contributed by atoms with Crippen LogP contribution in [0.3, 0.4) is 0 Å². The van der Waals surface area contributed by atoms with E-state index >= 15 is 0 Å². The lowest BCUT2D eigenvalue weighted by Gasteiger charge is -2.26. The highest BCUT2D eigenvalue weighted by molar-refractivity contribution is 9.10. The molecule has 1 aliphatic heterocycles. The Morgan fingerprint density at radius 3 is 2.86 bits per heavy atom. The average molecular weight is 407 g/mol. The lowest BCUT2D eigenvalue weighted by molar-refractivity contribution is 0.394. The second-order valence-corrected chi connectivity index (χ2v) is 8.88. The zero-order valence-corrected chi connectivity index (χ0v) is 15.0. The molecule has 0 N–H and O–H groups in total. The number of benzene rings is 1. The fraction of sp³-hybridized carbons (Fsp3) is 0.286. The van der Waals surface area contributed by atoms with Gasteiger partial charge in [-0.1, -0.05) is 6.07 Å². The molecule has 0 saturated carbocycles. The molecule has 0 saturated heterocycles. The molecule has 0 amide bonds. The number of halogens is 2. The molecule has 3 rings (SSSR count). The molecule has 3 nitrogen and oxygen atoms in total. The minimum absolute atomic E-state index is 0.301. The fourth-order valence-corrected chi connectivity index (χ4v) is 5.96. The molecule has 21 heavy (non-hydrogen) atoms. The Morgan fingerprint density at radius 2 is 2.14 bits per heavy atom. The first-order chi connectivity index (χ1) is 10.0. The van der Waals surface area contributed by atoms with Crippen LogP contribution in [0.2, 0.25) is 0 Å². The van der Waals surface area contributed by atoms with E-state index in [0.29, 0.717) is 28.3 Å². The van der Waals surface area contributed by atoms with Crippen LogP contribution >= 0.6 is 38.9 Å². The topological polar surface area (TPSA) is 37.4 Å². The maximum absolute atomic E-state index is 12.8. The van der Waals surface area contributed by atoms with Gasteiger partial charge in [0.15, 0.2) is 0 Å². The molecule has 0 fully saturated rings. The summed E-state index contributed by atoms with van der Waals surface area (Å²) in [6.07, 6.45) is 0.781. The lowest BCUT2D eigenvalue weighted by atomic mass is 10.1. The molecular formula is C14H13BrClNO2S2. The third kappa shape index (κ3) is 2.92. The van der Waals surface area contributed by atoms with Crippen LogP contribution in [0.25, 0.3) is 0 Å².